The molecule has 2 aromatic rings. The summed E-state index contributed by atoms with van der Waals surface area (Å²) in [6.45, 7) is 1.86. The lowest BCUT2D eigenvalue weighted by Gasteiger charge is -2.08. The Morgan fingerprint density at radius 3 is 3.05 bits per heavy atom. The van der Waals surface area contributed by atoms with Crippen molar-refractivity contribution in [3.8, 4) is 17.0 Å². The molecular weight excluding hydrogens is 318 g/mol. The average molecular weight is 336 g/mol. The Morgan fingerprint density at radius 1 is 1.45 bits per heavy atom. The minimum Gasteiger partial charge on any atom is -0.496 e. The molecular formula is C15H18BrN3O. The first-order valence-electron chi connectivity index (χ1n) is 6.81. The van der Waals surface area contributed by atoms with E-state index < -0.39 is 0 Å². The third-order valence-electron chi connectivity index (χ3n) is 3.70. The monoisotopic (exact) mass is 335 g/mol. The zero-order chi connectivity index (χ0) is 14.1. The summed E-state index contributed by atoms with van der Waals surface area (Å²) in [5.41, 5.74) is 3.45. The number of halogens is 1. The van der Waals surface area contributed by atoms with Crippen LogP contribution in [-0.2, 0) is 19.5 Å². The van der Waals surface area contributed by atoms with Gasteiger partial charge in [0, 0.05) is 22.3 Å². The first-order chi connectivity index (χ1) is 9.74. The normalized spacial score (nSPS) is 13.6. The van der Waals surface area contributed by atoms with Crippen LogP contribution in [0.4, 0.5) is 0 Å². The molecule has 1 N–H and O–H groups in total. The van der Waals surface area contributed by atoms with Crippen molar-refractivity contribution in [2.24, 2.45) is 0 Å². The molecule has 1 aromatic carbocycles. The van der Waals surface area contributed by atoms with E-state index in [4.69, 9.17) is 9.72 Å². The Labute approximate surface area is 127 Å². The zero-order valence-corrected chi connectivity index (χ0v) is 13.3. The second-order valence-corrected chi connectivity index (χ2v) is 5.87. The third-order valence-corrected chi connectivity index (χ3v) is 4.19. The number of hydrogen-bond acceptors (Lipinski definition) is 3. The highest BCUT2D eigenvalue weighted by Gasteiger charge is 2.23. The highest BCUT2D eigenvalue weighted by atomic mass is 79.9. The fourth-order valence-corrected chi connectivity index (χ4v) is 3.19. The van der Waals surface area contributed by atoms with Crippen molar-refractivity contribution in [2.45, 2.75) is 25.9 Å². The van der Waals surface area contributed by atoms with E-state index >= 15 is 0 Å². The maximum Gasteiger partial charge on any atom is 0.128 e. The Morgan fingerprint density at radius 2 is 2.30 bits per heavy atom. The van der Waals surface area contributed by atoms with E-state index in [1.807, 2.05) is 19.2 Å². The molecule has 1 aliphatic heterocycles. The van der Waals surface area contributed by atoms with Crippen LogP contribution in [0.25, 0.3) is 11.3 Å². The molecule has 4 nitrogen and oxygen atoms in total. The summed E-state index contributed by atoms with van der Waals surface area (Å²) >= 11 is 3.54. The maximum atomic E-state index is 5.50. The van der Waals surface area contributed by atoms with Gasteiger partial charge in [-0.1, -0.05) is 15.9 Å². The van der Waals surface area contributed by atoms with Crippen molar-refractivity contribution in [3.05, 3.63) is 34.2 Å². The third kappa shape index (κ3) is 2.25. The summed E-state index contributed by atoms with van der Waals surface area (Å²) in [6.07, 6.45) is 2.28. The Kier molecular flexibility index (Phi) is 3.81. The van der Waals surface area contributed by atoms with Crippen LogP contribution in [0, 0.1) is 0 Å². The van der Waals surface area contributed by atoms with Crippen LogP contribution in [0.3, 0.4) is 0 Å². The number of rotatable bonds is 4. The van der Waals surface area contributed by atoms with Gasteiger partial charge in [-0.05, 0) is 38.1 Å². The van der Waals surface area contributed by atoms with Gasteiger partial charge in [-0.15, -0.1) is 0 Å². The standard InChI is InChI=1S/C15H18BrN3O/c1-17-9-14-18-15(12-4-3-7-19(12)14)11-8-10(16)5-6-13(11)20-2/h5-6,8,17H,3-4,7,9H2,1-2H3. The van der Waals surface area contributed by atoms with Gasteiger partial charge >= 0.3 is 0 Å². The van der Waals surface area contributed by atoms with E-state index in [1.165, 1.54) is 12.1 Å². The van der Waals surface area contributed by atoms with E-state index in [9.17, 15) is 0 Å². The zero-order valence-electron chi connectivity index (χ0n) is 11.7. The lowest BCUT2D eigenvalue weighted by Crippen LogP contribution is -2.11. The summed E-state index contributed by atoms with van der Waals surface area (Å²) in [5.74, 6) is 1.98. The molecule has 2 heterocycles. The van der Waals surface area contributed by atoms with Gasteiger partial charge < -0.3 is 14.6 Å². The van der Waals surface area contributed by atoms with Gasteiger partial charge in [0.1, 0.15) is 11.6 Å². The number of benzene rings is 1. The van der Waals surface area contributed by atoms with Crippen molar-refractivity contribution in [1.29, 1.82) is 0 Å². The number of nitrogens with zero attached hydrogens (tertiary/aromatic N) is 2. The van der Waals surface area contributed by atoms with Gasteiger partial charge in [0.15, 0.2) is 0 Å². The fourth-order valence-electron chi connectivity index (χ4n) is 2.83. The molecule has 0 atom stereocenters. The van der Waals surface area contributed by atoms with E-state index in [0.717, 1.165) is 46.8 Å². The number of nitrogens with one attached hydrogen (secondary N) is 1. The van der Waals surface area contributed by atoms with Crippen molar-refractivity contribution in [1.82, 2.24) is 14.9 Å². The number of imidazole rings is 1. The molecule has 5 heteroatoms. The Hall–Kier alpha value is -1.33. The van der Waals surface area contributed by atoms with E-state index in [2.05, 4.69) is 31.9 Å². The summed E-state index contributed by atoms with van der Waals surface area (Å²) in [5, 5.41) is 3.19. The van der Waals surface area contributed by atoms with Gasteiger partial charge in [-0.25, -0.2) is 4.98 Å². The number of fused-ring (bicyclic) bond motifs is 1. The quantitative estimate of drug-likeness (QED) is 0.933. The van der Waals surface area contributed by atoms with E-state index in [0.29, 0.717) is 0 Å². The molecule has 0 unspecified atom stereocenters. The van der Waals surface area contributed by atoms with Crippen LogP contribution in [0.1, 0.15) is 17.9 Å². The number of hydrogen-bond donors (Lipinski definition) is 1. The molecule has 106 valence electrons. The van der Waals surface area contributed by atoms with Crippen molar-refractivity contribution in [3.63, 3.8) is 0 Å². The summed E-state index contributed by atoms with van der Waals surface area (Å²) in [4.78, 5) is 4.84. The molecule has 0 saturated heterocycles. The van der Waals surface area contributed by atoms with Gasteiger partial charge in [-0.2, -0.15) is 0 Å². The van der Waals surface area contributed by atoms with Crippen LogP contribution >= 0.6 is 15.9 Å². The lowest BCUT2D eigenvalue weighted by atomic mass is 10.1. The largest absolute Gasteiger partial charge is 0.496 e. The van der Waals surface area contributed by atoms with Crippen molar-refractivity contribution < 1.29 is 4.74 Å². The van der Waals surface area contributed by atoms with E-state index in [-0.39, 0.29) is 0 Å². The van der Waals surface area contributed by atoms with Crippen LogP contribution in [0.5, 0.6) is 5.75 Å². The number of aromatic nitrogens is 2. The second-order valence-electron chi connectivity index (χ2n) is 4.95. The smallest absolute Gasteiger partial charge is 0.128 e. The molecule has 0 aliphatic carbocycles. The van der Waals surface area contributed by atoms with E-state index in [1.54, 1.807) is 7.11 Å². The number of methoxy groups -OCH3 is 1. The predicted molar refractivity (Wildman–Crippen MR) is 83.0 cm³/mol. The lowest BCUT2D eigenvalue weighted by molar-refractivity contribution is 0.416. The first-order valence-corrected chi connectivity index (χ1v) is 7.60. The molecule has 0 radical (unpaired) electrons. The Balaban J connectivity index is 2.15. The van der Waals surface area contributed by atoms with Crippen molar-refractivity contribution >= 4 is 15.9 Å². The van der Waals surface area contributed by atoms with Gasteiger partial charge in [0.2, 0.25) is 0 Å². The number of ether oxygens (including phenoxy) is 1. The molecule has 1 aliphatic rings. The molecule has 0 spiro atoms. The molecule has 3 rings (SSSR count). The second kappa shape index (κ2) is 5.58. The van der Waals surface area contributed by atoms with Gasteiger partial charge in [0.05, 0.1) is 19.3 Å². The molecule has 0 amide bonds. The highest BCUT2D eigenvalue weighted by molar-refractivity contribution is 9.10. The minimum absolute atomic E-state index is 0.795. The highest BCUT2D eigenvalue weighted by Crippen LogP contribution is 2.36. The fraction of sp³-hybridized carbons (Fsp3) is 0.400. The molecule has 0 fully saturated rings. The average Bonchev–Trinajstić information content (AvgIpc) is 3.03. The van der Waals surface area contributed by atoms with Crippen LogP contribution < -0.4 is 10.1 Å². The maximum absolute atomic E-state index is 5.50. The summed E-state index contributed by atoms with van der Waals surface area (Å²) in [6, 6.07) is 6.06. The summed E-state index contributed by atoms with van der Waals surface area (Å²) < 4.78 is 8.88. The van der Waals surface area contributed by atoms with Gasteiger partial charge in [-0.3, -0.25) is 0 Å². The summed E-state index contributed by atoms with van der Waals surface area (Å²) in [7, 11) is 3.66. The topological polar surface area (TPSA) is 39.1 Å². The molecule has 0 bridgehead atoms. The van der Waals surface area contributed by atoms with Crippen LogP contribution in [-0.4, -0.2) is 23.7 Å². The molecule has 20 heavy (non-hydrogen) atoms. The predicted octanol–water partition coefficient (Wildman–Crippen LogP) is 2.99. The van der Waals surface area contributed by atoms with Crippen LogP contribution in [0.2, 0.25) is 0 Å². The molecule has 0 saturated carbocycles. The van der Waals surface area contributed by atoms with Crippen molar-refractivity contribution in [2.75, 3.05) is 14.2 Å². The first kappa shape index (κ1) is 13.6. The minimum atomic E-state index is 0.795. The van der Waals surface area contributed by atoms with Crippen LogP contribution in [0.15, 0.2) is 22.7 Å². The molecule has 1 aromatic heterocycles. The Bertz CT molecular complexity index is 636. The van der Waals surface area contributed by atoms with Gasteiger partial charge in [0.25, 0.3) is 0 Å². The SMILES string of the molecule is CNCc1nc(-c2cc(Br)ccc2OC)c2n1CCC2.